The summed E-state index contributed by atoms with van der Waals surface area (Å²) in [6, 6.07) is 7.63. The van der Waals surface area contributed by atoms with Crippen molar-refractivity contribution < 1.29 is 9.47 Å². The molecule has 1 aromatic carbocycles. The van der Waals surface area contributed by atoms with Crippen molar-refractivity contribution >= 4 is 0 Å². The smallest absolute Gasteiger partial charge is 0.131 e. The molecular formula is C21H24O2. The minimum Gasteiger partial charge on any atom is -0.486 e. The molecule has 0 aromatic heterocycles. The Morgan fingerprint density at radius 3 is 2.70 bits per heavy atom. The molecule has 2 nitrogen and oxygen atoms in total. The molecule has 0 radical (unpaired) electrons. The third kappa shape index (κ3) is 5.67. The van der Waals surface area contributed by atoms with E-state index in [1.165, 1.54) is 5.57 Å². The first-order valence-corrected chi connectivity index (χ1v) is 7.87. The standard InChI is InChI=1S/C21H24O2/c1-16(2)13-14-17(3)22-20-11-8-12-21(15-20)23-18(4)19-9-6-5-7-10-19/h5-6,8-9,11-15,18H,1,3,7,10H2,2,4H3/b14-13-/t18-/m0/s1. The summed E-state index contributed by atoms with van der Waals surface area (Å²) in [6.45, 7) is 11.7. The zero-order chi connectivity index (χ0) is 16.7. The first-order valence-electron chi connectivity index (χ1n) is 7.87. The van der Waals surface area contributed by atoms with Crippen LogP contribution in [0.2, 0.25) is 0 Å². The zero-order valence-corrected chi connectivity index (χ0v) is 13.9. The lowest BCUT2D eigenvalue weighted by atomic mass is 10.0. The lowest BCUT2D eigenvalue weighted by molar-refractivity contribution is 0.251. The molecule has 0 heterocycles. The van der Waals surface area contributed by atoms with Crippen LogP contribution in [0.15, 0.2) is 84.7 Å². The molecule has 1 atom stereocenters. The van der Waals surface area contributed by atoms with Crippen LogP contribution in [0.1, 0.15) is 26.7 Å². The summed E-state index contributed by atoms with van der Waals surface area (Å²) in [7, 11) is 0. The van der Waals surface area contributed by atoms with Crippen LogP contribution in [0.25, 0.3) is 0 Å². The van der Waals surface area contributed by atoms with Gasteiger partial charge in [-0.3, -0.25) is 0 Å². The van der Waals surface area contributed by atoms with Crippen molar-refractivity contribution in [2.24, 2.45) is 0 Å². The molecule has 0 aliphatic heterocycles. The SMILES string of the molecule is C=C(C)/C=C\C(=C)Oc1cccc(O[C@@H](C)C2=CC=CCC2)c1. The average Bonchev–Trinajstić information content (AvgIpc) is 2.54. The summed E-state index contributed by atoms with van der Waals surface area (Å²) in [5.74, 6) is 2.07. The largest absolute Gasteiger partial charge is 0.486 e. The third-order valence-electron chi connectivity index (χ3n) is 3.49. The van der Waals surface area contributed by atoms with Crippen LogP contribution in [0.4, 0.5) is 0 Å². The maximum Gasteiger partial charge on any atom is 0.131 e. The van der Waals surface area contributed by atoms with Crippen molar-refractivity contribution in [3.05, 3.63) is 84.7 Å². The Kier molecular flexibility index (Phi) is 6.04. The highest BCUT2D eigenvalue weighted by molar-refractivity contribution is 5.36. The van der Waals surface area contributed by atoms with E-state index in [2.05, 4.69) is 38.3 Å². The van der Waals surface area contributed by atoms with Crippen LogP contribution in [-0.4, -0.2) is 6.10 Å². The summed E-state index contributed by atoms with van der Waals surface area (Å²) >= 11 is 0. The predicted molar refractivity (Wildman–Crippen MR) is 96.7 cm³/mol. The third-order valence-corrected chi connectivity index (χ3v) is 3.49. The van der Waals surface area contributed by atoms with Gasteiger partial charge in [-0.05, 0) is 50.5 Å². The van der Waals surface area contributed by atoms with Gasteiger partial charge in [0.25, 0.3) is 0 Å². The van der Waals surface area contributed by atoms with E-state index in [9.17, 15) is 0 Å². The molecule has 1 aliphatic rings. The average molecular weight is 308 g/mol. The van der Waals surface area contributed by atoms with Crippen molar-refractivity contribution in [2.75, 3.05) is 0 Å². The second-order valence-electron chi connectivity index (χ2n) is 5.69. The lowest BCUT2D eigenvalue weighted by Gasteiger charge is -2.19. The molecule has 23 heavy (non-hydrogen) atoms. The second kappa shape index (κ2) is 8.23. The number of hydrogen-bond acceptors (Lipinski definition) is 2. The van der Waals surface area contributed by atoms with Gasteiger partial charge in [-0.15, -0.1) is 0 Å². The first-order chi connectivity index (χ1) is 11.0. The van der Waals surface area contributed by atoms with E-state index >= 15 is 0 Å². The maximum atomic E-state index is 6.03. The molecule has 0 bridgehead atoms. The van der Waals surface area contributed by atoms with Gasteiger partial charge in [0.05, 0.1) is 0 Å². The van der Waals surface area contributed by atoms with Crippen LogP contribution < -0.4 is 9.47 Å². The van der Waals surface area contributed by atoms with E-state index in [4.69, 9.17) is 9.47 Å². The highest BCUT2D eigenvalue weighted by Crippen LogP contribution is 2.25. The van der Waals surface area contributed by atoms with Crippen molar-refractivity contribution in [3.8, 4) is 11.5 Å². The Bertz CT molecular complexity index is 662. The number of benzene rings is 1. The molecule has 0 unspecified atom stereocenters. The topological polar surface area (TPSA) is 18.5 Å². The Morgan fingerprint density at radius 2 is 2.00 bits per heavy atom. The summed E-state index contributed by atoms with van der Waals surface area (Å²) in [6.07, 6.45) is 12.3. The van der Waals surface area contributed by atoms with Gasteiger partial charge in [0.1, 0.15) is 23.4 Å². The summed E-state index contributed by atoms with van der Waals surface area (Å²) in [5, 5.41) is 0. The second-order valence-corrected chi connectivity index (χ2v) is 5.69. The van der Waals surface area contributed by atoms with Crippen molar-refractivity contribution in [1.82, 2.24) is 0 Å². The predicted octanol–water partition coefficient (Wildman–Crippen LogP) is 5.76. The van der Waals surface area contributed by atoms with Gasteiger partial charge in [-0.2, -0.15) is 0 Å². The quantitative estimate of drug-likeness (QED) is 0.471. The number of allylic oxidation sites excluding steroid dienone is 6. The summed E-state index contributed by atoms with van der Waals surface area (Å²) in [5.41, 5.74) is 2.27. The fourth-order valence-corrected chi connectivity index (χ4v) is 2.27. The first kappa shape index (κ1) is 16.9. The molecule has 120 valence electrons. The minimum absolute atomic E-state index is 0.0571. The van der Waals surface area contributed by atoms with Crippen LogP contribution >= 0.6 is 0 Å². The minimum atomic E-state index is 0.0571. The number of rotatable bonds is 7. The highest BCUT2D eigenvalue weighted by atomic mass is 16.5. The molecule has 0 amide bonds. The van der Waals surface area contributed by atoms with Gasteiger partial charge in [0.15, 0.2) is 0 Å². The Morgan fingerprint density at radius 1 is 1.22 bits per heavy atom. The van der Waals surface area contributed by atoms with Crippen molar-refractivity contribution in [3.63, 3.8) is 0 Å². The highest BCUT2D eigenvalue weighted by Gasteiger charge is 2.11. The molecule has 0 N–H and O–H groups in total. The van der Waals surface area contributed by atoms with E-state index in [1.807, 2.05) is 37.3 Å². The van der Waals surface area contributed by atoms with Crippen molar-refractivity contribution in [2.45, 2.75) is 32.8 Å². The Labute approximate surface area is 139 Å². The van der Waals surface area contributed by atoms with Crippen LogP contribution in [0.3, 0.4) is 0 Å². The van der Waals surface area contributed by atoms with Gasteiger partial charge in [-0.1, -0.05) is 49.1 Å². The molecule has 1 aromatic rings. The van der Waals surface area contributed by atoms with Gasteiger partial charge < -0.3 is 9.47 Å². The molecule has 0 saturated carbocycles. The fourth-order valence-electron chi connectivity index (χ4n) is 2.27. The van der Waals surface area contributed by atoms with Gasteiger partial charge >= 0.3 is 0 Å². The molecule has 0 spiro atoms. The zero-order valence-electron chi connectivity index (χ0n) is 13.9. The Balaban J connectivity index is 1.99. The normalized spacial score (nSPS) is 15.1. The van der Waals surface area contributed by atoms with Crippen LogP contribution in [0.5, 0.6) is 11.5 Å². The Hall–Kier alpha value is -2.48. The van der Waals surface area contributed by atoms with E-state index in [1.54, 1.807) is 6.08 Å². The molecule has 1 aliphatic carbocycles. The van der Waals surface area contributed by atoms with Gasteiger partial charge in [-0.25, -0.2) is 0 Å². The van der Waals surface area contributed by atoms with Crippen molar-refractivity contribution in [1.29, 1.82) is 0 Å². The lowest BCUT2D eigenvalue weighted by Crippen LogP contribution is -2.15. The molecule has 2 rings (SSSR count). The van der Waals surface area contributed by atoms with Gasteiger partial charge in [0.2, 0.25) is 0 Å². The van der Waals surface area contributed by atoms with E-state index in [0.29, 0.717) is 11.5 Å². The van der Waals surface area contributed by atoms with E-state index in [-0.39, 0.29) is 6.10 Å². The maximum absolute atomic E-state index is 6.03. The fraction of sp³-hybridized carbons (Fsp3) is 0.238. The van der Waals surface area contributed by atoms with E-state index in [0.717, 1.165) is 24.2 Å². The molecule has 0 saturated heterocycles. The summed E-state index contributed by atoms with van der Waals surface area (Å²) in [4.78, 5) is 0. The summed E-state index contributed by atoms with van der Waals surface area (Å²) < 4.78 is 11.7. The number of hydrogen-bond donors (Lipinski definition) is 0. The monoisotopic (exact) mass is 308 g/mol. The number of ether oxygens (including phenoxy) is 2. The molecule has 2 heteroatoms. The molecular weight excluding hydrogens is 284 g/mol. The van der Waals surface area contributed by atoms with Crippen LogP contribution in [0, 0.1) is 0 Å². The molecule has 0 fully saturated rings. The van der Waals surface area contributed by atoms with Gasteiger partial charge in [0, 0.05) is 6.07 Å². The van der Waals surface area contributed by atoms with Crippen LogP contribution in [-0.2, 0) is 0 Å². The van der Waals surface area contributed by atoms with E-state index < -0.39 is 0 Å².